The summed E-state index contributed by atoms with van der Waals surface area (Å²) in [4.78, 5) is 21.4. The molecule has 1 N–H and O–H groups in total. The highest BCUT2D eigenvalue weighted by atomic mass is 16.1. The molecule has 0 radical (unpaired) electrons. The number of fused-ring (bicyclic) bond motifs is 1. The summed E-state index contributed by atoms with van der Waals surface area (Å²) in [5.74, 6) is -0.0839. The second-order valence-electron chi connectivity index (χ2n) is 6.78. The minimum Gasteiger partial charge on any atom is -0.345 e. The van der Waals surface area contributed by atoms with E-state index in [4.69, 9.17) is 0 Å². The summed E-state index contributed by atoms with van der Waals surface area (Å²) in [6, 6.07) is 19.7. The molecule has 0 aliphatic carbocycles. The van der Waals surface area contributed by atoms with Crippen LogP contribution >= 0.6 is 0 Å². The Morgan fingerprint density at radius 1 is 1.11 bits per heavy atom. The maximum atomic E-state index is 12.8. The first-order valence-electron chi connectivity index (χ1n) is 9.44. The van der Waals surface area contributed by atoms with Gasteiger partial charge in [-0.2, -0.15) is 0 Å². The number of imidazole rings is 1. The van der Waals surface area contributed by atoms with Gasteiger partial charge in [0.2, 0.25) is 0 Å². The van der Waals surface area contributed by atoms with Crippen molar-refractivity contribution >= 4 is 16.9 Å². The Kier molecular flexibility index (Phi) is 5.15. The van der Waals surface area contributed by atoms with Crippen molar-refractivity contribution < 1.29 is 4.79 Å². The van der Waals surface area contributed by atoms with Gasteiger partial charge in [0.25, 0.3) is 5.91 Å². The molecular weight excluding hydrogens is 348 g/mol. The van der Waals surface area contributed by atoms with Crippen LogP contribution in [0, 0.1) is 0 Å². The number of carbonyl (C=O) groups excluding carboxylic acids is 1. The molecule has 4 rings (SSSR count). The van der Waals surface area contributed by atoms with Crippen LogP contribution in [0.2, 0.25) is 0 Å². The molecule has 2 heterocycles. The lowest BCUT2D eigenvalue weighted by atomic mass is 10.0. The van der Waals surface area contributed by atoms with Crippen molar-refractivity contribution in [1.82, 2.24) is 19.9 Å². The van der Waals surface area contributed by atoms with Gasteiger partial charge in [-0.05, 0) is 41.8 Å². The Bertz CT molecular complexity index is 1070. The molecule has 1 atom stereocenters. The van der Waals surface area contributed by atoms with Crippen LogP contribution in [0.15, 0.2) is 79.4 Å². The molecule has 0 saturated carbocycles. The first-order chi connectivity index (χ1) is 13.7. The summed E-state index contributed by atoms with van der Waals surface area (Å²) in [6.07, 6.45) is 6.25. The third-order valence-electron chi connectivity index (χ3n) is 4.87. The average Bonchev–Trinajstić information content (AvgIpc) is 3.15. The molecule has 140 valence electrons. The van der Waals surface area contributed by atoms with E-state index in [2.05, 4.69) is 26.8 Å². The summed E-state index contributed by atoms with van der Waals surface area (Å²) < 4.78 is 2.06. The molecule has 0 aliphatic heterocycles. The van der Waals surface area contributed by atoms with Gasteiger partial charge in [-0.15, -0.1) is 0 Å². The van der Waals surface area contributed by atoms with Crippen molar-refractivity contribution in [3.05, 3.63) is 96.1 Å². The number of rotatable bonds is 6. The molecule has 0 spiro atoms. The van der Waals surface area contributed by atoms with E-state index >= 15 is 0 Å². The molecule has 0 bridgehead atoms. The highest BCUT2D eigenvalue weighted by Gasteiger charge is 2.15. The predicted molar refractivity (Wildman–Crippen MR) is 110 cm³/mol. The number of amides is 1. The zero-order chi connectivity index (χ0) is 19.3. The lowest BCUT2D eigenvalue weighted by Crippen LogP contribution is -2.28. The van der Waals surface area contributed by atoms with E-state index in [1.165, 1.54) is 0 Å². The van der Waals surface area contributed by atoms with E-state index in [1.807, 2.05) is 66.9 Å². The van der Waals surface area contributed by atoms with Crippen molar-refractivity contribution in [1.29, 1.82) is 0 Å². The van der Waals surface area contributed by atoms with Gasteiger partial charge in [-0.1, -0.05) is 43.3 Å². The highest BCUT2D eigenvalue weighted by Crippen LogP contribution is 2.19. The Morgan fingerprint density at radius 2 is 1.96 bits per heavy atom. The molecule has 0 aliphatic rings. The van der Waals surface area contributed by atoms with Crippen molar-refractivity contribution in [2.24, 2.45) is 0 Å². The van der Waals surface area contributed by atoms with Crippen molar-refractivity contribution in [2.75, 3.05) is 0 Å². The molecule has 4 aromatic rings. The van der Waals surface area contributed by atoms with Gasteiger partial charge in [0.05, 0.1) is 29.9 Å². The fourth-order valence-electron chi connectivity index (χ4n) is 3.37. The normalized spacial score (nSPS) is 12.0. The quantitative estimate of drug-likeness (QED) is 0.548. The maximum absolute atomic E-state index is 12.8. The zero-order valence-corrected chi connectivity index (χ0v) is 15.7. The molecule has 0 unspecified atom stereocenters. The first-order valence-corrected chi connectivity index (χ1v) is 9.44. The standard InChI is InChI=1S/C23H22N4O/c1-2-20(18-8-4-3-5-9-18)26-23(28)19-10-11-22-21(13-19)25-16-27(22)15-17-7-6-12-24-14-17/h3-14,16,20H,2,15H2,1H3,(H,26,28)/t20-/m1/s1. The minimum absolute atomic E-state index is 0.00691. The Labute approximate surface area is 164 Å². The van der Waals surface area contributed by atoms with Gasteiger partial charge in [-0.25, -0.2) is 4.98 Å². The van der Waals surface area contributed by atoms with Crippen molar-refractivity contribution in [3.63, 3.8) is 0 Å². The molecule has 0 saturated heterocycles. The van der Waals surface area contributed by atoms with E-state index in [-0.39, 0.29) is 11.9 Å². The molecule has 2 aromatic heterocycles. The number of hydrogen-bond acceptors (Lipinski definition) is 3. The fraction of sp³-hybridized carbons (Fsp3) is 0.174. The van der Waals surface area contributed by atoms with E-state index in [0.29, 0.717) is 12.1 Å². The van der Waals surface area contributed by atoms with E-state index in [1.54, 1.807) is 12.5 Å². The topological polar surface area (TPSA) is 59.8 Å². The second kappa shape index (κ2) is 8.05. The fourth-order valence-corrected chi connectivity index (χ4v) is 3.37. The summed E-state index contributed by atoms with van der Waals surface area (Å²) in [5, 5.41) is 3.13. The number of nitrogens with zero attached hydrogens (tertiary/aromatic N) is 3. The van der Waals surface area contributed by atoms with E-state index in [0.717, 1.165) is 28.6 Å². The SMILES string of the molecule is CC[C@@H](NC(=O)c1ccc2c(c1)ncn2Cc1cccnc1)c1ccccc1. The van der Waals surface area contributed by atoms with Gasteiger partial charge in [0, 0.05) is 18.0 Å². The predicted octanol–water partition coefficient (Wildman–Crippen LogP) is 4.36. The van der Waals surface area contributed by atoms with Crippen molar-refractivity contribution in [3.8, 4) is 0 Å². The molecule has 28 heavy (non-hydrogen) atoms. The van der Waals surface area contributed by atoms with Crippen LogP contribution in [-0.2, 0) is 6.54 Å². The molecule has 0 fully saturated rings. The van der Waals surface area contributed by atoms with Crippen LogP contribution in [0.1, 0.15) is 40.9 Å². The molecule has 2 aromatic carbocycles. The van der Waals surface area contributed by atoms with Gasteiger partial charge in [-0.3, -0.25) is 9.78 Å². The highest BCUT2D eigenvalue weighted by molar-refractivity contribution is 5.97. The molecular formula is C23H22N4O. The lowest BCUT2D eigenvalue weighted by Gasteiger charge is -2.17. The minimum atomic E-state index is -0.0839. The summed E-state index contributed by atoms with van der Waals surface area (Å²) in [7, 11) is 0. The summed E-state index contributed by atoms with van der Waals surface area (Å²) in [6.45, 7) is 2.77. The number of pyridine rings is 1. The number of aromatic nitrogens is 3. The molecule has 5 nitrogen and oxygen atoms in total. The number of carbonyl (C=O) groups is 1. The summed E-state index contributed by atoms with van der Waals surface area (Å²) in [5.41, 5.74) is 4.64. The molecule has 1 amide bonds. The van der Waals surface area contributed by atoms with E-state index in [9.17, 15) is 4.79 Å². The van der Waals surface area contributed by atoms with Crippen LogP contribution in [0.25, 0.3) is 11.0 Å². The Morgan fingerprint density at radius 3 is 2.71 bits per heavy atom. The van der Waals surface area contributed by atoms with Crippen LogP contribution in [0.5, 0.6) is 0 Å². The van der Waals surface area contributed by atoms with Crippen LogP contribution < -0.4 is 5.32 Å². The Balaban J connectivity index is 1.54. The second-order valence-corrected chi connectivity index (χ2v) is 6.78. The van der Waals surface area contributed by atoms with Gasteiger partial charge in [0.1, 0.15) is 0 Å². The van der Waals surface area contributed by atoms with Gasteiger partial charge >= 0.3 is 0 Å². The van der Waals surface area contributed by atoms with E-state index < -0.39 is 0 Å². The first kappa shape index (κ1) is 17.9. The summed E-state index contributed by atoms with van der Waals surface area (Å²) >= 11 is 0. The maximum Gasteiger partial charge on any atom is 0.251 e. The van der Waals surface area contributed by atoms with Gasteiger partial charge in [0.15, 0.2) is 0 Å². The molecule has 5 heteroatoms. The van der Waals surface area contributed by atoms with Crippen molar-refractivity contribution in [2.45, 2.75) is 25.9 Å². The van der Waals surface area contributed by atoms with Gasteiger partial charge < -0.3 is 9.88 Å². The zero-order valence-electron chi connectivity index (χ0n) is 15.7. The smallest absolute Gasteiger partial charge is 0.251 e. The van der Waals surface area contributed by atoms with Crippen LogP contribution in [-0.4, -0.2) is 20.4 Å². The Hall–Kier alpha value is -3.47. The number of hydrogen-bond donors (Lipinski definition) is 1. The third kappa shape index (κ3) is 3.78. The number of nitrogens with one attached hydrogen (secondary N) is 1. The number of benzene rings is 2. The van der Waals surface area contributed by atoms with Crippen LogP contribution in [0.3, 0.4) is 0 Å². The monoisotopic (exact) mass is 370 g/mol. The lowest BCUT2D eigenvalue weighted by molar-refractivity contribution is 0.0935. The largest absolute Gasteiger partial charge is 0.345 e. The van der Waals surface area contributed by atoms with Crippen LogP contribution in [0.4, 0.5) is 0 Å². The average molecular weight is 370 g/mol. The third-order valence-corrected chi connectivity index (χ3v) is 4.87.